The summed E-state index contributed by atoms with van der Waals surface area (Å²) in [5, 5.41) is 5.60. The Bertz CT molecular complexity index is 803. The standard InChI is InChI=1S/C20H21F3N2O2/c1-13-5-4-6-16(27-18(22)23)17(13)24-19(26)25-20(11-2-3-12-20)14-7-9-15(21)10-8-14/h4-10,18H,2-3,11-12H2,1H3,(H2,24,25,26). The Hall–Kier alpha value is -2.70. The van der Waals surface area contributed by atoms with Gasteiger partial charge in [0.2, 0.25) is 0 Å². The highest BCUT2D eigenvalue weighted by Gasteiger charge is 2.37. The Morgan fingerprint density at radius 1 is 1.11 bits per heavy atom. The molecule has 7 heteroatoms. The predicted molar refractivity (Wildman–Crippen MR) is 96.5 cm³/mol. The van der Waals surface area contributed by atoms with Crippen LogP contribution in [0.1, 0.15) is 36.8 Å². The van der Waals surface area contributed by atoms with Crippen LogP contribution in [0.2, 0.25) is 0 Å². The van der Waals surface area contributed by atoms with E-state index in [4.69, 9.17) is 0 Å². The lowest BCUT2D eigenvalue weighted by atomic mass is 9.88. The maximum Gasteiger partial charge on any atom is 0.387 e. The lowest BCUT2D eigenvalue weighted by Gasteiger charge is -2.31. The molecule has 1 saturated carbocycles. The minimum Gasteiger partial charge on any atom is -0.433 e. The molecule has 2 amide bonds. The highest BCUT2D eigenvalue weighted by Crippen LogP contribution is 2.39. The number of halogens is 3. The van der Waals surface area contributed by atoms with E-state index in [1.165, 1.54) is 18.2 Å². The number of para-hydroxylation sites is 1. The first-order valence-electron chi connectivity index (χ1n) is 8.79. The fourth-order valence-electron chi connectivity index (χ4n) is 3.59. The molecule has 2 aromatic carbocycles. The van der Waals surface area contributed by atoms with E-state index >= 15 is 0 Å². The van der Waals surface area contributed by atoms with Crippen LogP contribution in [0.4, 0.5) is 23.7 Å². The lowest BCUT2D eigenvalue weighted by molar-refractivity contribution is -0.0493. The Kier molecular flexibility index (Phi) is 5.58. The van der Waals surface area contributed by atoms with Crippen LogP contribution in [0, 0.1) is 12.7 Å². The first kappa shape index (κ1) is 19.1. The Morgan fingerprint density at radius 2 is 1.78 bits per heavy atom. The summed E-state index contributed by atoms with van der Waals surface area (Å²) in [6, 6.07) is 10.2. The number of urea groups is 1. The summed E-state index contributed by atoms with van der Waals surface area (Å²) in [6.07, 6.45) is 3.31. The molecule has 0 heterocycles. The molecule has 144 valence electrons. The number of hydrogen-bond donors (Lipinski definition) is 2. The summed E-state index contributed by atoms with van der Waals surface area (Å²) in [7, 11) is 0. The SMILES string of the molecule is Cc1cccc(OC(F)F)c1NC(=O)NC1(c2ccc(F)cc2)CCCC1. The molecule has 3 rings (SSSR count). The number of aryl methyl sites for hydroxylation is 1. The Morgan fingerprint density at radius 3 is 2.41 bits per heavy atom. The van der Waals surface area contributed by atoms with Gasteiger partial charge >= 0.3 is 12.6 Å². The highest BCUT2D eigenvalue weighted by atomic mass is 19.3. The van der Waals surface area contributed by atoms with E-state index in [-0.39, 0.29) is 17.3 Å². The molecular weight excluding hydrogens is 357 g/mol. The maximum absolute atomic E-state index is 13.3. The van der Waals surface area contributed by atoms with Crippen LogP contribution in [0.15, 0.2) is 42.5 Å². The van der Waals surface area contributed by atoms with Crippen LogP contribution in [0.3, 0.4) is 0 Å². The summed E-state index contributed by atoms with van der Waals surface area (Å²) in [4.78, 5) is 12.7. The number of ether oxygens (including phenoxy) is 1. The van der Waals surface area contributed by atoms with Crippen LogP contribution in [0.5, 0.6) is 5.75 Å². The predicted octanol–water partition coefficient (Wildman–Crippen LogP) is 5.33. The molecule has 0 atom stereocenters. The lowest BCUT2D eigenvalue weighted by Crippen LogP contribution is -2.46. The van der Waals surface area contributed by atoms with Crippen LogP contribution in [-0.4, -0.2) is 12.6 Å². The number of nitrogens with one attached hydrogen (secondary N) is 2. The summed E-state index contributed by atoms with van der Waals surface area (Å²) in [6.45, 7) is -1.30. The molecule has 2 N–H and O–H groups in total. The molecule has 0 aliphatic heterocycles. The molecule has 1 aliphatic rings. The third-order valence-corrected chi connectivity index (χ3v) is 4.90. The van der Waals surface area contributed by atoms with Crippen molar-refractivity contribution in [3.05, 3.63) is 59.4 Å². The van der Waals surface area contributed by atoms with Gasteiger partial charge in [-0.25, -0.2) is 9.18 Å². The number of rotatable bonds is 5. The van der Waals surface area contributed by atoms with Gasteiger partial charge in [0.15, 0.2) is 0 Å². The second-order valence-electron chi connectivity index (χ2n) is 6.70. The third kappa shape index (κ3) is 4.35. The van der Waals surface area contributed by atoms with Gasteiger partial charge < -0.3 is 15.4 Å². The van der Waals surface area contributed by atoms with Crippen LogP contribution in [-0.2, 0) is 5.54 Å². The number of carbonyl (C=O) groups excluding carboxylic acids is 1. The molecule has 2 aromatic rings. The zero-order valence-corrected chi connectivity index (χ0v) is 14.9. The molecule has 4 nitrogen and oxygen atoms in total. The summed E-state index contributed by atoms with van der Waals surface area (Å²) < 4.78 is 43.0. The van der Waals surface area contributed by atoms with Crippen LogP contribution < -0.4 is 15.4 Å². The molecular formula is C20H21F3N2O2. The summed E-state index contributed by atoms with van der Waals surface area (Å²) >= 11 is 0. The highest BCUT2D eigenvalue weighted by molar-refractivity contribution is 5.92. The topological polar surface area (TPSA) is 50.4 Å². The summed E-state index contributed by atoms with van der Waals surface area (Å²) in [5.41, 5.74) is 1.02. The summed E-state index contributed by atoms with van der Waals surface area (Å²) in [5.74, 6) is -0.438. The fourth-order valence-corrected chi connectivity index (χ4v) is 3.59. The number of anilines is 1. The second kappa shape index (κ2) is 7.90. The maximum atomic E-state index is 13.3. The normalized spacial score (nSPS) is 15.6. The van der Waals surface area contributed by atoms with Gasteiger partial charge in [-0.1, -0.05) is 37.1 Å². The third-order valence-electron chi connectivity index (χ3n) is 4.90. The number of hydrogen-bond acceptors (Lipinski definition) is 2. The van der Waals surface area contributed by atoms with Crippen molar-refractivity contribution in [2.24, 2.45) is 0 Å². The van der Waals surface area contributed by atoms with E-state index in [0.717, 1.165) is 31.2 Å². The molecule has 1 fully saturated rings. The van der Waals surface area contributed by atoms with E-state index in [1.54, 1.807) is 31.2 Å². The van der Waals surface area contributed by atoms with Crippen LogP contribution in [0.25, 0.3) is 0 Å². The fraction of sp³-hybridized carbons (Fsp3) is 0.350. The molecule has 0 radical (unpaired) electrons. The molecule has 1 aliphatic carbocycles. The average molecular weight is 378 g/mol. The Balaban J connectivity index is 1.81. The quantitative estimate of drug-likeness (QED) is 0.739. The Labute approximate surface area is 155 Å². The number of benzene rings is 2. The second-order valence-corrected chi connectivity index (χ2v) is 6.70. The van der Waals surface area contributed by atoms with E-state index in [9.17, 15) is 18.0 Å². The number of carbonyl (C=O) groups is 1. The molecule has 0 bridgehead atoms. The zero-order valence-electron chi connectivity index (χ0n) is 14.9. The van der Waals surface area contributed by atoms with Gasteiger partial charge in [0, 0.05) is 0 Å². The first-order chi connectivity index (χ1) is 12.9. The van der Waals surface area contributed by atoms with Crippen LogP contribution >= 0.6 is 0 Å². The van der Waals surface area contributed by atoms with Crippen molar-refractivity contribution >= 4 is 11.7 Å². The van der Waals surface area contributed by atoms with Crippen molar-refractivity contribution in [1.29, 1.82) is 0 Å². The van der Waals surface area contributed by atoms with E-state index in [1.807, 2.05) is 0 Å². The first-order valence-corrected chi connectivity index (χ1v) is 8.79. The number of amides is 2. The molecule has 0 spiro atoms. The van der Waals surface area contributed by atoms with Gasteiger partial charge in [0.25, 0.3) is 0 Å². The monoisotopic (exact) mass is 378 g/mol. The van der Waals surface area contributed by atoms with Gasteiger partial charge in [-0.05, 0) is 49.1 Å². The van der Waals surface area contributed by atoms with Crippen molar-refractivity contribution in [2.45, 2.75) is 44.8 Å². The minimum atomic E-state index is -2.99. The van der Waals surface area contributed by atoms with Crippen molar-refractivity contribution < 1.29 is 22.7 Å². The minimum absolute atomic E-state index is 0.0950. The number of alkyl halides is 2. The van der Waals surface area contributed by atoms with Gasteiger partial charge in [-0.2, -0.15) is 8.78 Å². The van der Waals surface area contributed by atoms with Crippen molar-refractivity contribution in [1.82, 2.24) is 5.32 Å². The molecule has 0 saturated heterocycles. The van der Waals surface area contributed by atoms with E-state index in [0.29, 0.717) is 5.56 Å². The molecule has 0 unspecified atom stereocenters. The average Bonchev–Trinajstić information content (AvgIpc) is 3.07. The van der Waals surface area contributed by atoms with Crippen molar-refractivity contribution in [3.63, 3.8) is 0 Å². The van der Waals surface area contributed by atoms with Gasteiger partial charge in [0.1, 0.15) is 11.6 Å². The van der Waals surface area contributed by atoms with Crippen molar-refractivity contribution in [2.75, 3.05) is 5.32 Å². The van der Waals surface area contributed by atoms with E-state index in [2.05, 4.69) is 15.4 Å². The molecule has 27 heavy (non-hydrogen) atoms. The van der Waals surface area contributed by atoms with Crippen molar-refractivity contribution in [3.8, 4) is 5.75 Å². The van der Waals surface area contributed by atoms with Gasteiger partial charge in [-0.3, -0.25) is 0 Å². The van der Waals surface area contributed by atoms with Gasteiger partial charge in [0.05, 0.1) is 11.2 Å². The van der Waals surface area contributed by atoms with E-state index < -0.39 is 18.2 Å². The molecule has 0 aromatic heterocycles. The smallest absolute Gasteiger partial charge is 0.387 e. The van der Waals surface area contributed by atoms with Gasteiger partial charge in [-0.15, -0.1) is 0 Å². The largest absolute Gasteiger partial charge is 0.433 e. The zero-order chi connectivity index (χ0) is 19.4.